The third-order valence-corrected chi connectivity index (χ3v) is 3.30. The Morgan fingerprint density at radius 3 is 2.48 bits per heavy atom. The number of nitrogens with two attached hydrogens (primary N) is 1. The first-order valence-electron chi connectivity index (χ1n) is 6.40. The summed E-state index contributed by atoms with van der Waals surface area (Å²) in [6.45, 7) is 1.76. The molecule has 0 fully saturated rings. The molecule has 1 atom stereocenters. The highest BCUT2D eigenvalue weighted by Gasteiger charge is 2.20. The summed E-state index contributed by atoms with van der Waals surface area (Å²) in [5.41, 5.74) is 7.15. The monoisotopic (exact) mass is 302 g/mol. The summed E-state index contributed by atoms with van der Waals surface area (Å²) in [6.07, 6.45) is 0. The van der Waals surface area contributed by atoms with Gasteiger partial charge in [0.25, 0.3) is 5.91 Å². The lowest BCUT2D eigenvalue weighted by Gasteiger charge is -2.18. The minimum atomic E-state index is -0.630. The van der Waals surface area contributed by atoms with E-state index in [0.29, 0.717) is 0 Å². The van der Waals surface area contributed by atoms with Crippen LogP contribution < -0.4 is 11.1 Å². The van der Waals surface area contributed by atoms with Crippen molar-refractivity contribution in [2.24, 2.45) is 5.73 Å². The van der Waals surface area contributed by atoms with Gasteiger partial charge in [0.15, 0.2) is 0 Å². The molecule has 0 saturated carbocycles. The largest absolute Gasteiger partial charge is 0.391 e. The van der Waals surface area contributed by atoms with E-state index in [2.05, 4.69) is 5.32 Å². The average molecular weight is 302 g/mol. The number of hydrogen-bond acceptors (Lipinski definition) is 2. The summed E-state index contributed by atoms with van der Waals surface area (Å²) in [7, 11) is 0. The first-order valence-corrected chi connectivity index (χ1v) is 6.81. The number of carbonyl (C=O) groups is 1. The van der Waals surface area contributed by atoms with Crippen molar-refractivity contribution in [1.29, 1.82) is 0 Å². The SMILES string of the molecule is Cc1ccc(C(=O)NC(C(N)=S)c2ccccc2)c(F)c1. The maximum Gasteiger partial charge on any atom is 0.255 e. The molecule has 2 rings (SSSR count). The topological polar surface area (TPSA) is 55.1 Å². The van der Waals surface area contributed by atoms with Gasteiger partial charge >= 0.3 is 0 Å². The Balaban J connectivity index is 2.25. The molecule has 0 bridgehead atoms. The normalized spacial score (nSPS) is 11.7. The molecule has 0 saturated heterocycles. The lowest BCUT2D eigenvalue weighted by atomic mass is 10.1. The van der Waals surface area contributed by atoms with Gasteiger partial charge in [0.2, 0.25) is 0 Å². The van der Waals surface area contributed by atoms with Crippen LogP contribution in [0.5, 0.6) is 0 Å². The maximum atomic E-state index is 13.8. The summed E-state index contributed by atoms with van der Waals surface area (Å²) >= 11 is 4.99. The van der Waals surface area contributed by atoms with E-state index < -0.39 is 17.8 Å². The van der Waals surface area contributed by atoms with Crippen LogP contribution >= 0.6 is 12.2 Å². The van der Waals surface area contributed by atoms with Crippen molar-refractivity contribution in [1.82, 2.24) is 5.32 Å². The Morgan fingerprint density at radius 1 is 1.24 bits per heavy atom. The van der Waals surface area contributed by atoms with E-state index in [-0.39, 0.29) is 10.6 Å². The summed E-state index contributed by atoms with van der Waals surface area (Å²) in [5, 5.41) is 2.66. The van der Waals surface area contributed by atoms with Gasteiger partial charge in [0.05, 0.1) is 5.56 Å². The third kappa shape index (κ3) is 3.64. The molecule has 3 nitrogen and oxygen atoms in total. The molecule has 0 aliphatic carbocycles. The number of thiocarbonyl (C=S) groups is 1. The summed E-state index contributed by atoms with van der Waals surface area (Å²) in [5.74, 6) is -1.11. The van der Waals surface area contributed by atoms with E-state index in [9.17, 15) is 9.18 Å². The predicted octanol–water partition coefficient (Wildman–Crippen LogP) is 2.89. The van der Waals surface area contributed by atoms with E-state index in [1.807, 2.05) is 18.2 Å². The first-order chi connectivity index (χ1) is 9.99. The molecule has 0 aromatic heterocycles. The second-order valence-electron chi connectivity index (χ2n) is 4.70. The number of rotatable bonds is 4. The van der Waals surface area contributed by atoms with E-state index in [0.717, 1.165) is 11.1 Å². The minimum Gasteiger partial charge on any atom is -0.391 e. The number of benzene rings is 2. The van der Waals surface area contributed by atoms with E-state index in [1.165, 1.54) is 12.1 Å². The predicted molar refractivity (Wildman–Crippen MR) is 84.6 cm³/mol. The Morgan fingerprint density at radius 2 is 1.90 bits per heavy atom. The maximum absolute atomic E-state index is 13.8. The van der Waals surface area contributed by atoms with Crippen LogP contribution in [0.25, 0.3) is 0 Å². The molecule has 108 valence electrons. The highest BCUT2D eigenvalue weighted by Crippen LogP contribution is 2.16. The second-order valence-corrected chi connectivity index (χ2v) is 5.17. The molecule has 1 amide bonds. The second kappa shape index (κ2) is 6.45. The van der Waals surface area contributed by atoms with Crippen molar-refractivity contribution in [2.75, 3.05) is 0 Å². The van der Waals surface area contributed by atoms with Crippen LogP contribution in [0.15, 0.2) is 48.5 Å². The third-order valence-electron chi connectivity index (χ3n) is 3.06. The van der Waals surface area contributed by atoms with Crippen LogP contribution in [-0.2, 0) is 0 Å². The molecule has 2 aromatic carbocycles. The molecular weight excluding hydrogens is 287 g/mol. The molecule has 5 heteroatoms. The Kier molecular flexibility index (Phi) is 4.65. The smallest absolute Gasteiger partial charge is 0.255 e. The van der Waals surface area contributed by atoms with E-state index in [4.69, 9.17) is 18.0 Å². The lowest BCUT2D eigenvalue weighted by molar-refractivity contribution is 0.0943. The van der Waals surface area contributed by atoms with Crippen molar-refractivity contribution in [3.8, 4) is 0 Å². The number of carbonyl (C=O) groups excluding carboxylic acids is 1. The number of nitrogens with one attached hydrogen (secondary N) is 1. The molecule has 0 spiro atoms. The quantitative estimate of drug-likeness (QED) is 0.854. The fourth-order valence-electron chi connectivity index (χ4n) is 1.98. The standard InChI is InChI=1S/C16H15FN2OS/c1-10-7-8-12(13(17)9-10)16(20)19-14(15(18)21)11-5-3-2-4-6-11/h2-9,14H,1H3,(H2,18,21)(H,19,20). The Bertz CT molecular complexity index is 673. The van der Waals surface area contributed by atoms with E-state index >= 15 is 0 Å². The van der Waals surface area contributed by atoms with Crippen molar-refractivity contribution in [2.45, 2.75) is 13.0 Å². The van der Waals surface area contributed by atoms with Gasteiger partial charge < -0.3 is 11.1 Å². The Hall–Kier alpha value is -2.27. The molecule has 1 unspecified atom stereocenters. The number of hydrogen-bond donors (Lipinski definition) is 2. The number of amides is 1. The van der Waals surface area contributed by atoms with Gasteiger partial charge in [-0.2, -0.15) is 0 Å². The van der Waals surface area contributed by atoms with Crippen molar-refractivity contribution in [3.05, 3.63) is 71.0 Å². The van der Waals surface area contributed by atoms with Crippen LogP contribution in [0.2, 0.25) is 0 Å². The number of halogens is 1. The fraction of sp³-hybridized carbons (Fsp3) is 0.125. The first kappa shape index (κ1) is 15.1. The van der Waals surface area contributed by atoms with Gasteiger partial charge in [-0.1, -0.05) is 48.6 Å². The number of aryl methyl sites for hydroxylation is 1. The average Bonchev–Trinajstić information content (AvgIpc) is 2.45. The molecule has 0 aliphatic heterocycles. The molecule has 0 aliphatic rings. The molecule has 21 heavy (non-hydrogen) atoms. The Labute approximate surface area is 128 Å². The zero-order valence-electron chi connectivity index (χ0n) is 11.5. The van der Waals surface area contributed by atoms with Crippen LogP contribution in [-0.4, -0.2) is 10.9 Å². The molecule has 3 N–H and O–H groups in total. The molecule has 0 heterocycles. The molecule has 2 aromatic rings. The van der Waals surface area contributed by atoms with Gasteiger partial charge in [0.1, 0.15) is 16.8 Å². The van der Waals surface area contributed by atoms with Crippen molar-refractivity contribution in [3.63, 3.8) is 0 Å². The van der Waals surface area contributed by atoms with Crippen LogP contribution in [0.4, 0.5) is 4.39 Å². The highest BCUT2D eigenvalue weighted by molar-refractivity contribution is 7.80. The lowest BCUT2D eigenvalue weighted by Crippen LogP contribution is -2.36. The summed E-state index contributed by atoms with van der Waals surface area (Å²) in [6, 6.07) is 12.9. The fourth-order valence-corrected chi connectivity index (χ4v) is 2.17. The zero-order chi connectivity index (χ0) is 15.4. The zero-order valence-corrected chi connectivity index (χ0v) is 12.3. The van der Waals surface area contributed by atoms with Gasteiger partial charge in [-0.25, -0.2) is 4.39 Å². The van der Waals surface area contributed by atoms with Crippen LogP contribution in [0.1, 0.15) is 27.5 Å². The van der Waals surface area contributed by atoms with Crippen molar-refractivity contribution >= 4 is 23.1 Å². The molecular formula is C16H15FN2OS. The summed E-state index contributed by atoms with van der Waals surface area (Å²) in [4.78, 5) is 12.3. The molecule has 0 radical (unpaired) electrons. The van der Waals surface area contributed by atoms with Gasteiger partial charge in [-0.05, 0) is 30.2 Å². The van der Waals surface area contributed by atoms with Gasteiger partial charge in [-0.3, -0.25) is 4.79 Å². The van der Waals surface area contributed by atoms with Gasteiger partial charge in [0, 0.05) is 0 Å². The van der Waals surface area contributed by atoms with Crippen LogP contribution in [0, 0.1) is 12.7 Å². The van der Waals surface area contributed by atoms with Crippen molar-refractivity contribution < 1.29 is 9.18 Å². The van der Waals surface area contributed by atoms with E-state index in [1.54, 1.807) is 25.1 Å². The van der Waals surface area contributed by atoms with Gasteiger partial charge in [-0.15, -0.1) is 0 Å². The minimum absolute atomic E-state index is 0.0298. The highest BCUT2D eigenvalue weighted by atomic mass is 32.1. The summed E-state index contributed by atoms with van der Waals surface area (Å²) < 4.78 is 13.8. The van der Waals surface area contributed by atoms with Crippen LogP contribution in [0.3, 0.4) is 0 Å².